The Balaban J connectivity index is 1.80. The molecule has 3 nitrogen and oxygen atoms in total. The first-order valence-electron chi connectivity index (χ1n) is 10.8. The zero-order chi connectivity index (χ0) is 23.1. The number of aromatic nitrogens is 1. The van der Waals surface area contributed by atoms with E-state index in [2.05, 4.69) is 77.6 Å². The number of anilines is 2. The standard InChI is InChI=1S/C29H24ClN3/c1-18(2)19(3)31-20(4)33-28-17-22(32-27-12-8-7-11-26(27)30)14-16-24(28)25-15-13-21-9-5-6-10-23(21)29(25)33/h5-17,32H,1,4H2,2-3H3. The van der Waals surface area contributed by atoms with E-state index >= 15 is 0 Å². The van der Waals surface area contributed by atoms with Crippen LogP contribution in [0.1, 0.15) is 13.8 Å². The summed E-state index contributed by atoms with van der Waals surface area (Å²) in [5, 5.41) is 8.77. The van der Waals surface area contributed by atoms with Crippen molar-refractivity contribution in [3.05, 3.63) is 103 Å². The van der Waals surface area contributed by atoms with Gasteiger partial charge < -0.3 is 5.32 Å². The minimum atomic E-state index is 0.654. The number of nitrogens with one attached hydrogen (secondary N) is 1. The summed E-state index contributed by atoms with van der Waals surface area (Å²) >= 11 is 6.38. The number of fused-ring (bicyclic) bond motifs is 5. The number of hydrogen-bond acceptors (Lipinski definition) is 2. The van der Waals surface area contributed by atoms with Crippen LogP contribution in [0.3, 0.4) is 0 Å². The molecule has 0 aliphatic carbocycles. The molecule has 0 bridgehead atoms. The smallest absolute Gasteiger partial charge is 0.130 e. The largest absolute Gasteiger partial charge is 0.354 e. The van der Waals surface area contributed by atoms with Crippen LogP contribution in [0.15, 0.2) is 103 Å². The van der Waals surface area contributed by atoms with Gasteiger partial charge in [-0.25, -0.2) is 4.99 Å². The highest BCUT2D eigenvalue weighted by Crippen LogP contribution is 2.38. The normalized spacial score (nSPS) is 11.9. The zero-order valence-electron chi connectivity index (χ0n) is 18.7. The molecule has 0 amide bonds. The van der Waals surface area contributed by atoms with Crippen molar-refractivity contribution in [3.63, 3.8) is 0 Å². The van der Waals surface area contributed by atoms with Crippen molar-refractivity contribution in [1.29, 1.82) is 0 Å². The molecule has 1 N–H and O–H groups in total. The number of para-hydroxylation sites is 1. The third kappa shape index (κ3) is 3.71. The second-order valence-corrected chi connectivity index (χ2v) is 8.66. The van der Waals surface area contributed by atoms with E-state index in [0.717, 1.165) is 49.9 Å². The number of benzene rings is 4. The molecule has 0 atom stereocenters. The van der Waals surface area contributed by atoms with Crippen molar-refractivity contribution in [2.75, 3.05) is 5.32 Å². The maximum Gasteiger partial charge on any atom is 0.130 e. The lowest BCUT2D eigenvalue weighted by Gasteiger charge is -2.12. The van der Waals surface area contributed by atoms with Crippen molar-refractivity contribution < 1.29 is 0 Å². The zero-order valence-corrected chi connectivity index (χ0v) is 19.4. The van der Waals surface area contributed by atoms with E-state index in [0.29, 0.717) is 10.8 Å². The molecule has 0 aliphatic rings. The molecule has 1 aromatic heterocycles. The first-order valence-corrected chi connectivity index (χ1v) is 11.2. The third-order valence-electron chi connectivity index (χ3n) is 5.98. The summed E-state index contributed by atoms with van der Waals surface area (Å²) in [4.78, 5) is 4.80. The number of nitrogens with zero attached hydrogens (tertiary/aromatic N) is 2. The van der Waals surface area contributed by atoms with Crippen LogP contribution in [0.25, 0.3) is 38.4 Å². The molecule has 0 spiro atoms. The van der Waals surface area contributed by atoms with E-state index in [9.17, 15) is 0 Å². The molecular formula is C29H24ClN3. The van der Waals surface area contributed by atoms with Crippen molar-refractivity contribution in [1.82, 2.24) is 4.57 Å². The molecule has 4 heteroatoms. The van der Waals surface area contributed by atoms with Crippen LogP contribution in [-0.2, 0) is 0 Å². The minimum Gasteiger partial charge on any atom is -0.354 e. The molecule has 5 aromatic rings. The Morgan fingerprint density at radius 2 is 1.58 bits per heavy atom. The van der Waals surface area contributed by atoms with Crippen LogP contribution in [0, 0.1) is 0 Å². The van der Waals surface area contributed by atoms with Gasteiger partial charge in [-0.2, -0.15) is 0 Å². The van der Waals surface area contributed by atoms with Crippen LogP contribution in [0.5, 0.6) is 0 Å². The lowest BCUT2D eigenvalue weighted by Crippen LogP contribution is -1.99. The lowest BCUT2D eigenvalue weighted by atomic mass is 10.1. The fraction of sp³-hybridized carbons (Fsp3) is 0.0690. The molecule has 162 valence electrons. The molecule has 0 saturated heterocycles. The molecule has 5 rings (SSSR count). The lowest BCUT2D eigenvalue weighted by molar-refractivity contribution is 1.18. The van der Waals surface area contributed by atoms with Crippen molar-refractivity contribution >= 4 is 67.1 Å². The Morgan fingerprint density at radius 3 is 2.36 bits per heavy atom. The van der Waals surface area contributed by atoms with Gasteiger partial charge in [-0.3, -0.25) is 4.57 Å². The third-order valence-corrected chi connectivity index (χ3v) is 6.31. The quantitative estimate of drug-likeness (QED) is 0.267. The van der Waals surface area contributed by atoms with E-state index in [-0.39, 0.29) is 0 Å². The highest BCUT2D eigenvalue weighted by molar-refractivity contribution is 6.33. The average molecular weight is 450 g/mol. The number of hydrogen-bond donors (Lipinski definition) is 1. The first-order chi connectivity index (χ1) is 15.9. The Kier molecular flexibility index (Phi) is 5.27. The summed E-state index contributed by atoms with van der Waals surface area (Å²) in [6.07, 6.45) is 0. The van der Waals surface area contributed by atoms with Crippen molar-refractivity contribution in [3.8, 4) is 0 Å². The van der Waals surface area contributed by atoms with Gasteiger partial charge in [0.05, 0.1) is 21.7 Å². The van der Waals surface area contributed by atoms with Gasteiger partial charge in [0.2, 0.25) is 0 Å². The molecule has 0 saturated carbocycles. The maximum absolute atomic E-state index is 6.38. The molecular weight excluding hydrogens is 426 g/mol. The highest BCUT2D eigenvalue weighted by atomic mass is 35.5. The van der Waals surface area contributed by atoms with Gasteiger partial charge in [-0.05, 0) is 49.1 Å². The molecule has 4 aromatic carbocycles. The maximum atomic E-state index is 6.38. The summed E-state index contributed by atoms with van der Waals surface area (Å²) in [5.74, 6) is 0.654. The van der Waals surface area contributed by atoms with Crippen LogP contribution in [0.4, 0.5) is 11.4 Å². The van der Waals surface area contributed by atoms with Gasteiger partial charge in [0.15, 0.2) is 0 Å². The molecule has 33 heavy (non-hydrogen) atoms. The monoisotopic (exact) mass is 449 g/mol. The van der Waals surface area contributed by atoms with Gasteiger partial charge in [-0.15, -0.1) is 0 Å². The summed E-state index contributed by atoms with van der Waals surface area (Å²) in [6.45, 7) is 12.3. The van der Waals surface area contributed by atoms with E-state index < -0.39 is 0 Å². The summed E-state index contributed by atoms with van der Waals surface area (Å²) in [7, 11) is 0. The number of aliphatic imine (C=N–C) groups is 1. The molecule has 0 radical (unpaired) electrons. The Bertz CT molecular complexity index is 1600. The Labute approximate surface area is 198 Å². The van der Waals surface area contributed by atoms with Gasteiger partial charge in [0.25, 0.3) is 0 Å². The van der Waals surface area contributed by atoms with Gasteiger partial charge >= 0.3 is 0 Å². The number of rotatable bonds is 5. The summed E-state index contributed by atoms with van der Waals surface area (Å²) < 4.78 is 2.15. The molecule has 0 aliphatic heterocycles. The summed E-state index contributed by atoms with van der Waals surface area (Å²) in [6, 6.07) is 26.8. The second-order valence-electron chi connectivity index (χ2n) is 8.25. The predicted molar refractivity (Wildman–Crippen MR) is 145 cm³/mol. The van der Waals surface area contributed by atoms with Crippen LogP contribution < -0.4 is 5.32 Å². The van der Waals surface area contributed by atoms with Gasteiger partial charge in [-0.1, -0.05) is 79.4 Å². The predicted octanol–water partition coefficient (Wildman–Crippen LogP) is 8.81. The molecule has 0 fully saturated rings. The number of halogens is 1. The van der Waals surface area contributed by atoms with E-state index in [1.807, 2.05) is 38.1 Å². The van der Waals surface area contributed by atoms with E-state index in [1.54, 1.807) is 0 Å². The van der Waals surface area contributed by atoms with Crippen molar-refractivity contribution in [2.45, 2.75) is 13.8 Å². The minimum absolute atomic E-state index is 0.654. The van der Waals surface area contributed by atoms with Crippen molar-refractivity contribution in [2.24, 2.45) is 4.99 Å². The van der Waals surface area contributed by atoms with Crippen LogP contribution in [-0.4, -0.2) is 10.3 Å². The first kappa shape index (κ1) is 21.0. The van der Waals surface area contributed by atoms with Crippen LogP contribution in [0.2, 0.25) is 5.02 Å². The summed E-state index contributed by atoms with van der Waals surface area (Å²) in [5.41, 5.74) is 5.71. The fourth-order valence-electron chi connectivity index (χ4n) is 4.18. The topological polar surface area (TPSA) is 29.3 Å². The fourth-order valence-corrected chi connectivity index (χ4v) is 4.36. The van der Waals surface area contributed by atoms with Gasteiger partial charge in [0.1, 0.15) is 5.82 Å². The number of allylic oxidation sites excluding steroid dienone is 1. The van der Waals surface area contributed by atoms with E-state index in [4.69, 9.17) is 16.6 Å². The average Bonchev–Trinajstić information content (AvgIpc) is 3.14. The second kappa shape index (κ2) is 8.27. The van der Waals surface area contributed by atoms with Crippen LogP contribution >= 0.6 is 11.6 Å². The molecule has 1 heterocycles. The Morgan fingerprint density at radius 1 is 0.848 bits per heavy atom. The Hall–Kier alpha value is -3.82. The SMILES string of the molecule is C=C(C)C(C)=NC(=C)n1c2cc(Nc3ccccc3Cl)ccc2c2ccc3ccccc3c21. The molecule has 0 unspecified atom stereocenters. The highest BCUT2D eigenvalue weighted by Gasteiger charge is 2.16. The van der Waals surface area contributed by atoms with E-state index in [1.165, 1.54) is 5.39 Å². The van der Waals surface area contributed by atoms with Gasteiger partial charge in [0, 0.05) is 27.6 Å².